The van der Waals surface area contributed by atoms with Crippen LogP contribution in [0.25, 0.3) is 22.6 Å². The van der Waals surface area contributed by atoms with Crippen molar-refractivity contribution in [2.75, 3.05) is 18.5 Å². The number of benzene rings is 3. The van der Waals surface area contributed by atoms with E-state index < -0.39 is 5.97 Å². The van der Waals surface area contributed by atoms with Gasteiger partial charge in [0, 0.05) is 51.1 Å². The number of aromatic nitrogens is 3. The molecule has 3 N–H and O–H groups in total. The maximum absolute atomic E-state index is 12.4. The molecular formula is C35H33Cl2N5O5. The standard InChI is InChI=1S/C35H33Cl2N5O5/c1-35(2,3)34-42-41-33(47-34)24-10-15-30(39-19-24)46-20-29(22-6-4-21(5-7-22)27-14-11-25(36)18-28(27)37)40-26-12-8-23(9-13-26)32(45)38-17-16-31(43)44/h4-15,18-19,29,40H,16-17,20H2,1-3H3,(H,38,45)(H,43,44). The van der Waals surface area contributed by atoms with Crippen LogP contribution >= 0.6 is 23.2 Å². The Bertz CT molecular complexity index is 1840. The van der Waals surface area contributed by atoms with E-state index in [1.165, 1.54) is 0 Å². The van der Waals surface area contributed by atoms with Crippen LogP contribution in [0, 0.1) is 0 Å². The van der Waals surface area contributed by atoms with Crippen LogP contribution in [0.5, 0.6) is 5.88 Å². The quantitative estimate of drug-likeness (QED) is 0.121. The molecule has 2 heterocycles. The van der Waals surface area contributed by atoms with Crippen LogP contribution in [-0.2, 0) is 10.2 Å². The lowest BCUT2D eigenvalue weighted by atomic mass is 9.97. The summed E-state index contributed by atoms with van der Waals surface area (Å²) in [6.45, 7) is 6.27. The summed E-state index contributed by atoms with van der Waals surface area (Å²) in [4.78, 5) is 27.6. The van der Waals surface area contributed by atoms with E-state index in [1.54, 1.807) is 48.7 Å². The Labute approximate surface area is 282 Å². The first-order valence-electron chi connectivity index (χ1n) is 14.8. The first kappa shape index (κ1) is 33.4. The zero-order valence-corrected chi connectivity index (χ0v) is 27.5. The molecule has 0 bridgehead atoms. The fourth-order valence-corrected chi connectivity index (χ4v) is 5.07. The van der Waals surface area contributed by atoms with Gasteiger partial charge in [-0.1, -0.05) is 74.3 Å². The van der Waals surface area contributed by atoms with Gasteiger partial charge in [0.15, 0.2) is 0 Å². The Kier molecular flexibility index (Phi) is 10.4. The number of ether oxygens (including phenoxy) is 1. The highest BCUT2D eigenvalue weighted by atomic mass is 35.5. The molecule has 3 aromatic carbocycles. The number of nitrogens with zero attached hydrogens (tertiary/aromatic N) is 3. The van der Waals surface area contributed by atoms with Gasteiger partial charge in [-0.15, -0.1) is 10.2 Å². The van der Waals surface area contributed by atoms with Gasteiger partial charge in [-0.2, -0.15) is 0 Å². The summed E-state index contributed by atoms with van der Waals surface area (Å²) in [7, 11) is 0. The number of halogens is 2. The van der Waals surface area contributed by atoms with Crippen molar-refractivity contribution in [1.29, 1.82) is 0 Å². The molecule has 10 nitrogen and oxygen atoms in total. The summed E-state index contributed by atoms with van der Waals surface area (Å²) in [5.41, 5.74) is 4.31. The SMILES string of the molecule is CC(C)(C)c1nnc(-c2ccc(OCC(Nc3ccc(C(=O)NCCC(=O)O)cc3)c3ccc(-c4ccc(Cl)cc4Cl)cc3)nc2)o1. The van der Waals surface area contributed by atoms with Gasteiger partial charge in [-0.25, -0.2) is 4.98 Å². The molecule has 0 aliphatic carbocycles. The second-order valence-corrected chi connectivity index (χ2v) is 12.6. The minimum absolute atomic E-state index is 0.0483. The fourth-order valence-electron chi connectivity index (χ4n) is 4.55. The van der Waals surface area contributed by atoms with Gasteiger partial charge < -0.3 is 24.9 Å². The van der Waals surface area contributed by atoms with Gasteiger partial charge in [0.25, 0.3) is 5.91 Å². The van der Waals surface area contributed by atoms with Gasteiger partial charge in [0.05, 0.1) is 18.0 Å². The van der Waals surface area contributed by atoms with E-state index >= 15 is 0 Å². The molecule has 242 valence electrons. The number of carbonyl (C=O) groups excluding carboxylic acids is 1. The van der Waals surface area contributed by atoms with E-state index in [4.69, 9.17) is 37.5 Å². The number of rotatable bonds is 12. The summed E-state index contributed by atoms with van der Waals surface area (Å²) in [5, 5.41) is 24.3. The highest BCUT2D eigenvalue weighted by Crippen LogP contribution is 2.32. The molecule has 12 heteroatoms. The van der Waals surface area contributed by atoms with Crippen molar-refractivity contribution in [3.63, 3.8) is 0 Å². The summed E-state index contributed by atoms with van der Waals surface area (Å²) < 4.78 is 12.0. The molecule has 0 aliphatic heterocycles. The summed E-state index contributed by atoms with van der Waals surface area (Å²) in [6, 6.07) is 23.5. The zero-order valence-electron chi connectivity index (χ0n) is 26.0. The second kappa shape index (κ2) is 14.7. The minimum atomic E-state index is -0.977. The van der Waals surface area contributed by atoms with Crippen LogP contribution in [-0.4, -0.2) is 45.3 Å². The molecule has 0 spiro atoms. The van der Waals surface area contributed by atoms with E-state index in [-0.39, 0.29) is 36.9 Å². The Hall–Kier alpha value is -4.93. The van der Waals surface area contributed by atoms with Crippen molar-refractivity contribution in [3.05, 3.63) is 112 Å². The highest BCUT2D eigenvalue weighted by molar-refractivity contribution is 6.36. The van der Waals surface area contributed by atoms with Crippen molar-refractivity contribution >= 4 is 40.8 Å². The third-order valence-electron chi connectivity index (χ3n) is 7.12. The molecule has 0 saturated carbocycles. The lowest BCUT2D eigenvalue weighted by Gasteiger charge is -2.21. The molecule has 47 heavy (non-hydrogen) atoms. The van der Waals surface area contributed by atoms with E-state index in [0.717, 1.165) is 22.4 Å². The summed E-state index contributed by atoms with van der Waals surface area (Å²) >= 11 is 12.5. The molecular weight excluding hydrogens is 641 g/mol. The number of hydrogen-bond acceptors (Lipinski definition) is 8. The minimum Gasteiger partial charge on any atom is -0.481 e. The molecule has 0 saturated heterocycles. The monoisotopic (exact) mass is 673 g/mol. The van der Waals surface area contributed by atoms with Crippen molar-refractivity contribution in [2.24, 2.45) is 0 Å². The fraction of sp³-hybridized carbons (Fsp3) is 0.229. The highest BCUT2D eigenvalue weighted by Gasteiger charge is 2.22. The topological polar surface area (TPSA) is 139 Å². The number of carbonyl (C=O) groups is 2. The van der Waals surface area contributed by atoms with Crippen molar-refractivity contribution in [1.82, 2.24) is 20.5 Å². The van der Waals surface area contributed by atoms with Crippen LogP contribution in [0.15, 0.2) is 89.5 Å². The molecule has 1 atom stereocenters. The van der Waals surface area contributed by atoms with Crippen LogP contribution < -0.4 is 15.4 Å². The maximum Gasteiger partial charge on any atom is 0.305 e. The molecule has 5 aromatic rings. The van der Waals surface area contributed by atoms with E-state index in [9.17, 15) is 9.59 Å². The maximum atomic E-state index is 12.4. The Balaban J connectivity index is 1.32. The second-order valence-electron chi connectivity index (χ2n) is 11.8. The normalized spacial score (nSPS) is 11.9. The number of aliphatic carboxylic acids is 1. The first-order chi connectivity index (χ1) is 22.5. The predicted octanol–water partition coefficient (Wildman–Crippen LogP) is 7.84. The van der Waals surface area contributed by atoms with Crippen LogP contribution in [0.3, 0.4) is 0 Å². The molecule has 1 amide bonds. The third-order valence-corrected chi connectivity index (χ3v) is 7.66. The smallest absolute Gasteiger partial charge is 0.305 e. The number of carboxylic acid groups (broad SMARTS) is 1. The van der Waals surface area contributed by atoms with E-state index in [0.29, 0.717) is 38.8 Å². The molecule has 0 radical (unpaired) electrons. The van der Waals surface area contributed by atoms with Crippen LogP contribution in [0.4, 0.5) is 5.69 Å². The Morgan fingerprint density at radius 1 is 0.936 bits per heavy atom. The summed E-state index contributed by atoms with van der Waals surface area (Å²) in [5.74, 6) is 0.00860. The number of carboxylic acids is 1. The van der Waals surface area contributed by atoms with Crippen LogP contribution in [0.2, 0.25) is 10.0 Å². The van der Waals surface area contributed by atoms with Gasteiger partial charge in [-0.05, 0) is 53.6 Å². The lowest BCUT2D eigenvalue weighted by molar-refractivity contribution is -0.136. The number of amides is 1. The molecule has 1 unspecified atom stereocenters. The Morgan fingerprint density at radius 3 is 2.28 bits per heavy atom. The van der Waals surface area contributed by atoms with Crippen molar-refractivity contribution < 1.29 is 23.8 Å². The van der Waals surface area contributed by atoms with Crippen molar-refractivity contribution in [2.45, 2.75) is 38.6 Å². The molecule has 2 aromatic heterocycles. The van der Waals surface area contributed by atoms with Gasteiger partial charge in [0.2, 0.25) is 17.7 Å². The number of nitrogens with one attached hydrogen (secondary N) is 2. The predicted molar refractivity (Wildman–Crippen MR) is 181 cm³/mol. The average Bonchev–Trinajstić information content (AvgIpc) is 3.55. The van der Waals surface area contributed by atoms with E-state index in [1.807, 2.05) is 57.2 Å². The summed E-state index contributed by atoms with van der Waals surface area (Å²) in [6.07, 6.45) is 1.48. The zero-order chi connectivity index (χ0) is 33.6. The lowest BCUT2D eigenvalue weighted by Crippen LogP contribution is -2.26. The number of hydrogen-bond donors (Lipinski definition) is 3. The number of pyridine rings is 1. The van der Waals surface area contributed by atoms with Crippen molar-refractivity contribution in [3.8, 4) is 28.5 Å². The van der Waals surface area contributed by atoms with Gasteiger partial charge in [0.1, 0.15) is 6.61 Å². The molecule has 0 aliphatic rings. The van der Waals surface area contributed by atoms with Gasteiger partial charge >= 0.3 is 5.97 Å². The average molecular weight is 675 g/mol. The van der Waals surface area contributed by atoms with Crippen LogP contribution in [0.1, 0.15) is 55.0 Å². The largest absolute Gasteiger partial charge is 0.481 e. The van der Waals surface area contributed by atoms with E-state index in [2.05, 4.69) is 25.8 Å². The first-order valence-corrected chi connectivity index (χ1v) is 15.6. The van der Waals surface area contributed by atoms with Gasteiger partial charge in [-0.3, -0.25) is 9.59 Å². The number of anilines is 1. The Morgan fingerprint density at radius 2 is 1.66 bits per heavy atom. The molecule has 0 fully saturated rings. The third kappa shape index (κ3) is 8.87. The molecule has 5 rings (SSSR count).